The lowest BCUT2D eigenvalue weighted by Gasteiger charge is -2.14. The van der Waals surface area contributed by atoms with Crippen molar-refractivity contribution < 1.29 is 9.53 Å². The first kappa shape index (κ1) is 6.89. The van der Waals surface area contributed by atoms with Crippen molar-refractivity contribution in [2.24, 2.45) is 17.8 Å². The summed E-state index contributed by atoms with van der Waals surface area (Å²) in [5.74, 6) is 1.27. The summed E-state index contributed by atoms with van der Waals surface area (Å²) >= 11 is 0. The van der Waals surface area contributed by atoms with Gasteiger partial charge in [0.05, 0.1) is 13.0 Å². The van der Waals surface area contributed by atoms with Crippen LogP contribution in [0.1, 0.15) is 12.8 Å². The molecule has 0 aromatic carbocycles. The van der Waals surface area contributed by atoms with E-state index in [2.05, 4.69) is 12.2 Å². The molecule has 2 nitrogen and oxygen atoms in total. The molecule has 2 rings (SSSR count). The zero-order chi connectivity index (χ0) is 7.84. The Hall–Kier alpha value is -0.790. The number of methoxy groups -OCH3 is 1. The van der Waals surface area contributed by atoms with Gasteiger partial charge in [0.2, 0.25) is 0 Å². The smallest absolute Gasteiger partial charge is 0.309 e. The van der Waals surface area contributed by atoms with Crippen molar-refractivity contribution in [3.8, 4) is 0 Å². The number of rotatable bonds is 1. The van der Waals surface area contributed by atoms with Crippen LogP contribution in [0.15, 0.2) is 12.2 Å². The predicted octanol–water partition coefficient (Wildman–Crippen LogP) is 1.37. The second kappa shape index (κ2) is 2.36. The Morgan fingerprint density at radius 2 is 2.27 bits per heavy atom. The number of ether oxygens (including phenoxy) is 1. The molecule has 60 valence electrons. The van der Waals surface area contributed by atoms with E-state index in [0.29, 0.717) is 11.8 Å². The first-order chi connectivity index (χ1) is 5.31. The van der Waals surface area contributed by atoms with Gasteiger partial charge in [-0.3, -0.25) is 4.79 Å². The summed E-state index contributed by atoms with van der Waals surface area (Å²) in [5.41, 5.74) is 0. The van der Waals surface area contributed by atoms with E-state index in [0.717, 1.165) is 6.42 Å². The van der Waals surface area contributed by atoms with Gasteiger partial charge in [0.15, 0.2) is 0 Å². The SMILES string of the molecule is COC(=O)[C@H]1CC2C=CC1C2. The lowest BCUT2D eigenvalue weighted by Crippen LogP contribution is -2.19. The number of fused-ring (bicyclic) bond motifs is 2. The zero-order valence-corrected chi connectivity index (χ0v) is 6.62. The Kier molecular flexibility index (Phi) is 1.48. The number of carbonyl (C=O) groups is 1. The fourth-order valence-electron chi connectivity index (χ4n) is 2.20. The molecular weight excluding hydrogens is 140 g/mol. The van der Waals surface area contributed by atoms with Gasteiger partial charge in [0, 0.05) is 0 Å². The van der Waals surface area contributed by atoms with Gasteiger partial charge in [-0.2, -0.15) is 0 Å². The van der Waals surface area contributed by atoms with Gasteiger partial charge in [0.1, 0.15) is 0 Å². The molecule has 0 aromatic rings. The minimum Gasteiger partial charge on any atom is -0.469 e. The van der Waals surface area contributed by atoms with Crippen LogP contribution in [-0.4, -0.2) is 13.1 Å². The highest BCUT2D eigenvalue weighted by Gasteiger charge is 2.40. The molecule has 0 aromatic heterocycles. The third kappa shape index (κ3) is 0.971. The molecule has 2 aliphatic rings. The molecule has 11 heavy (non-hydrogen) atoms. The van der Waals surface area contributed by atoms with Crippen LogP contribution in [-0.2, 0) is 9.53 Å². The van der Waals surface area contributed by atoms with Gasteiger partial charge in [-0.25, -0.2) is 0 Å². The summed E-state index contributed by atoms with van der Waals surface area (Å²) in [6.07, 6.45) is 6.56. The van der Waals surface area contributed by atoms with Gasteiger partial charge in [0.25, 0.3) is 0 Å². The van der Waals surface area contributed by atoms with Crippen molar-refractivity contribution in [1.29, 1.82) is 0 Å². The van der Waals surface area contributed by atoms with Crippen LogP contribution < -0.4 is 0 Å². The monoisotopic (exact) mass is 152 g/mol. The fourth-order valence-corrected chi connectivity index (χ4v) is 2.20. The van der Waals surface area contributed by atoms with Gasteiger partial charge < -0.3 is 4.74 Å². The number of hydrogen-bond donors (Lipinski definition) is 0. The molecule has 2 aliphatic carbocycles. The summed E-state index contributed by atoms with van der Waals surface area (Å²) in [6.45, 7) is 0. The summed E-state index contributed by atoms with van der Waals surface area (Å²) in [4.78, 5) is 11.1. The zero-order valence-electron chi connectivity index (χ0n) is 6.62. The van der Waals surface area contributed by atoms with E-state index in [1.807, 2.05) is 0 Å². The van der Waals surface area contributed by atoms with Crippen LogP contribution >= 0.6 is 0 Å². The standard InChI is InChI=1S/C9H12O2/c1-11-9(10)8-5-6-2-3-7(8)4-6/h2-3,6-8H,4-5H2,1H3/t6?,7?,8-/m0/s1. The normalized spacial score (nSPS) is 39.5. The maximum Gasteiger partial charge on any atom is 0.309 e. The summed E-state index contributed by atoms with van der Waals surface area (Å²) in [5, 5.41) is 0. The van der Waals surface area contributed by atoms with Crippen LogP contribution in [0, 0.1) is 17.8 Å². The molecule has 0 saturated heterocycles. The van der Waals surface area contributed by atoms with E-state index < -0.39 is 0 Å². The van der Waals surface area contributed by atoms with Crippen LogP contribution in [0.2, 0.25) is 0 Å². The van der Waals surface area contributed by atoms with Crippen LogP contribution in [0.25, 0.3) is 0 Å². The van der Waals surface area contributed by atoms with Crippen molar-refractivity contribution >= 4 is 5.97 Å². The highest BCUT2D eigenvalue weighted by atomic mass is 16.5. The molecule has 0 N–H and O–H groups in total. The third-order valence-corrected chi connectivity index (χ3v) is 2.78. The largest absolute Gasteiger partial charge is 0.469 e. The van der Waals surface area contributed by atoms with Gasteiger partial charge >= 0.3 is 5.97 Å². The molecule has 2 unspecified atom stereocenters. The molecule has 1 saturated carbocycles. The van der Waals surface area contributed by atoms with E-state index in [1.54, 1.807) is 0 Å². The first-order valence-electron chi connectivity index (χ1n) is 4.07. The minimum atomic E-state index is -0.0261. The lowest BCUT2D eigenvalue weighted by molar-refractivity contribution is -0.146. The lowest BCUT2D eigenvalue weighted by atomic mass is 9.94. The molecule has 2 heteroatoms. The van der Waals surface area contributed by atoms with Crippen LogP contribution in [0.4, 0.5) is 0 Å². The summed E-state index contributed by atoms with van der Waals surface area (Å²) in [7, 11) is 1.47. The van der Waals surface area contributed by atoms with Gasteiger partial charge in [-0.05, 0) is 24.7 Å². The van der Waals surface area contributed by atoms with Crippen molar-refractivity contribution in [3.63, 3.8) is 0 Å². The molecule has 0 spiro atoms. The number of esters is 1. The summed E-state index contributed by atoms with van der Waals surface area (Å²) in [6, 6.07) is 0. The maximum absolute atomic E-state index is 11.1. The highest BCUT2D eigenvalue weighted by molar-refractivity contribution is 5.73. The molecule has 3 atom stereocenters. The van der Waals surface area contributed by atoms with Crippen molar-refractivity contribution in [2.75, 3.05) is 7.11 Å². The quantitative estimate of drug-likeness (QED) is 0.419. The van der Waals surface area contributed by atoms with Crippen molar-refractivity contribution in [1.82, 2.24) is 0 Å². The van der Waals surface area contributed by atoms with Gasteiger partial charge in [-0.15, -0.1) is 0 Å². The predicted molar refractivity (Wildman–Crippen MR) is 40.9 cm³/mol. The minimum absolute atomic E-state index is 0.0261. The number of carbonyl (C=O) groups excluding carboxylic acids is 1. The topological polar surface area (TPSA) is 26.3 Å². The molecule has 0 radical (unpaired) electrons. The van der Waals surface area contributed by atoms with Crippen molar-refractivity contribution in [3.05, 3.63) is 12.2 Å². The molecular formula is C9H12O2. The molecule has 0 amide bonds. The van der Waals surface area contributed by atoms with E-state index in [9.17, 15) is 4.79 Å². The van der Waals surface area contributed by atoms with E-state index in [4.69, 9.17) is 4.74 Å². The number of allylic oxidation sites excluding steroid dienone is 2. The van der Waals surface area contributed by atoms with Crippen molar-refractivity contribution in [2.45, 2.75) is 12.8 Å². The second-order valence-electron chi connectivity index (χ2n) is 3.41. The average Bonchev–Trinajstić information content (AvgIpc) is 2.62. The van der Waals surface area contributed by atoms with Crippen LogP contribution in [0.5, 0.6) is 0 Å². The molecule has 1 fully saturated rings. The Morgan fingerprint density at radius 3 is 2.73 bits per heavy atom. The molecule has 0 heterocycles. The Labute approximate surface area is 66.2 Å². The van der Waals surface area contributed by atoms with E-state index in [-0.39, 0.29) is 11.9 Å². The second-order valence-corrected chi connectivity index (χ2v) is 3.41. The molecule has 0 aliphatic heterocycles. The highest BCUT2D eigenvalue weighted by Crippen LogP contribution is 2.43. The van der Waals surface area contributed by atoms with E-state index >= 15 is 0 Å². The number of hydrogen-bond acceptors (Lipinski definition) is 2. The Balaban J connectivity index is 2.08. The summed E-state index contributed by atoms with van der Waals surface area (Å²) < 4.78 is 4.71. The fraction of sp³-hybridized carbons (Fsp3) is 0.667. The average molecular weight is 152 g/mol. The Bertz CT molecular complexity index is 208. The first-order valence-corrected chi connectivity index (χ1v) is 4.07. The molecule has 2 bridgehead atoms. The maximum atomic E-state index is 11.1. The van der Waals surface area contributed by atoms with Gasteiger partial charge in [-0.1, -0.05) is 12.2 Å². The third-order valence-electron chi connectivity index (χ3n) is 2.78. The Morgan fingerprint density at radius 1 is 1.45 bits per heavy atom. The van der Waals surface area contributed by atoms with E-state index in [1.165, 1.54) is 13.5 Å². The van der Waals surface area contributed by atoms with Crippen LogP contribution in [0.3, 0.4) is 0 Å².